The van der Waals surface area contributed by atoms with E-state index in [0.717, 1.165) is 21.5 Å². The maximum Gasteiger partial charge on any atom is 0.329 e. The van der Waals surface area contributed by atoms with Crippen LogP contribution >= 0.6 is 11.3 Å². The summed E-state index contributed by atoms with van der Waals surface area (Å²) in [5.74, 6) is 0.256. The molecule has 1 amide bonds. The smallest absolute Gasteiger partial charge is 0.329 e. The lowest BCUT2D eigenvalue weighted by atomic mass is 9.98. The van der Waals surface area contributed by atoms with Gasteiger partial charge in [0, 0.05) is 11.9 Å². The number of hydrogen-bond donors (Lipinski definition) is 1. The second-order valence-corrected chi connectivity index (χ2v) is 8.73. The van der Waals surface area contributed by atoms with Crippen molar-refractivity contribution in [2.24, 2.45) is 7.05 Å². The normalized spacial score (nSPS) is 12.4. The zero-order chi connectivity index (χ0) is 21.3. The van der Waals surface area contributed by atoms with Crippen molar-refractivity contribution in [1.82, 2.24) is 14.5 Å². The fraction of sp³-hybridized carbons (Fsp3) is 0.250. The largest absolute Gasteiger partial charge is 0.343 e. The average molecular weight is 420 g/mol. The van der Waals surface area contributed by atoms with Crippen molar-refractivity contribution in [1.29, 1.82) is 0 Å². The van der Waals surface area contributed by atoms with Crippen LogP contribution in [0.25, 0.3) is 11.0 Å². The number of amides is 1. The maximum atomic E-state index is 13.0. The van der Waals surface area contributed by atoms with Gasteiger partial charge in [-0.05, 0) is 40.6 Å². The van der Waals surface area contributed by atoms with Gasteiger partial charge in [-0.25, -0.2) is 4.79 Å². The molecule has 4 aromatic rings. The quantitative estimate of drug-likeness (QED) is 0.503. The molecule has 2 heterocycles. The molecular weight excluding hydrogens is 394 g/mol. The summed E-state index contributed by atoms with van der Waals surface area (Å²) < 4.78 is 3.10. The van der Waals surface area contributed by atoms with Crippen molar-refractivity contribution in [2.75, 3.05) is 0 Å². The third-order valence-electron chi connectivity index (χ3n) is 5.42. The third-order valence-corrected chi connectivity index (χ3v) is 6.36. The summed E-state index contributed by atoms with van der Waals surface area (Å²) in [7, 11) is 1.73. The predicted molar refractivity (Wildman–Crippen MR) is 122 cm³/mol. The first-order valence-corrected chi connectivity index (χ1v) is 10.9. The molecule has 0 radical (unpaired) electrons. The zero-order valence-electron chi connectivity index (χ0n) is 17.3. The number of carbonyl (C=O) groups excluding carboxylic acids is 1. The van der Waals surface area contributed by atoms with E-state index in [2.05, 4.69) is 43.4 Å². The SMILES string of the molecule is CC(C)c1ccc(C(NC(=O)Cn2c(=O)n(C)c3ccccc32)c2cccs2)cc1. The molecule has 0 aliphatic heterocycles. The molecule has 0 saturated heterocycles. The number of benzene rings is 2. The summed E-state index contributed by atoms with van der Waals surface area (Å²) in [5, 5.41) is 5.14. The molecule has 0 aliphatic rings. The number of imidazole rings is 1. The van der Waals surface area contributed by atoms with Crippen molar-refractivity contribution < 1.29 is 4.79 Å². The Morgan fingerprint density at radius 3 is 2.27 bits per heavy atom. The Balaban J connectivity index is 1.62. The molecule has 4 rings (SSSR count). The fourth-order valence-corrected chi connectivity index (χ4v) is 4.52. The van der Waals surface area contributed by atoms with E-state index in [4.69, 9.17) is 0 Å². The first-order valence-electron chi connectivity index (χ1n) is 10.0. The zero-order valence-corrected chi connectivity index (χ0v) is 18.1. The molecule has 1 unspecified atom stereocenters. The second-order valence-electron chi connectivity index (χ2n) is 7.75. The second kappa shape index (κ2) is 8.32. The van der Waals surface area contributed by atoms with Crippen LogP contribution in [-0.4, -0.2) is 15.0 Å². The lowest BCUT2D eigenvalue weighted by Crippen LogP contribution is -2.35. The number of carbonyl (C=O) groups is 1. The first-order chi connectivity index (χ1) is 14.5. The summed E-state index contributed by atoms with van der Waals surface area (Å²) in [6.07, 6.45) is 0. The summed E-state index contributed by atoms with van der Waals surface area (Å²) in [5.41, 5.74) is 3.67. The number of nitrogens with one attached hydrogen (secondary N) is 1. The van der Waals surface area contributed by atoms with Crippen LogP contribution in [0.15, 0.2) is 70.8 Å². The maximum absolute atomic E-state index is 13.0. The van der Waals surface area contributed by atoms with E-state index in [0.29, 0.717) is 5.92 Å². The Morgan fingerprint density at radius 1 is 0.967 bits per heavy atom. The van der Waals surface area contributed by atoms with E-state index >= 15 is 0 Å². The lowest BCUT2D eigenvalue weighted by molar-refractivity contribution is -0.122. The van der Waals surface area contributed by atoms with E-state index in [1.807, 2.05) is 41.8 Å². The van der Waals surface area contributed by atoms with Gasteiger partial charge in [-0.1, -0.05) is 56.3 Å². The number of nitrogens with zero attached hydrogens (tertiary/aromatic N) is 2. The van der Waals surface area contributed by atoms with Gasteiger partial charge in [0.15, 0.2) is 0 Å². The number of para-hydroxylation sites is 2. The van der Waals surface area contributed by atoms with Crippen molar-refractivity contribution in [3.63, 3.8) is 0 Å². The molecule has 0 aliphatic carbocycles. The van der Waals surface area contributed by atoms with Gasteiger partial charge in [0.1, 0.15) is 6.54 Å². The lowest BCUT2D eigenvalue weighted by Gasteiger charge is -2.19. The van der Waals surface area contributed by atoms with Gasteiger partial charge in [0.05, 0.1) is 17.1 Å². The molecule has 0 bridgehead atoms. The van der Waals surface area contributed by atoms with Crippen LogP contribution in [0.1, 0.15) is 41.8 Å². The number of aromatic nitrogens is 2. The number of hydrogen-bond acceptors (Lipinski definition) is 3. The topological polar surface area (TPSA) is 56.0 Å². The highest BCUT2D eigenvalue weighted by Gasteiger charge is 2.20. The van der Waals surface area contributed by atoms with Crippen LogP contribution < -0.4 is 11.0 Å². The summed E-state index contributed by atoms with van der Waals surface area (Å²) >= 11 is 1.61. The molecule has 1 N–H and O–H groups in total. The summed E-state index contributed by atoms with van der Waals surface area (Å²) in [4.78, 5) is 26.7. The Kier molecular flexibility index (Phi) is 5.59. The van der Waals surface area contributed by atoms with Gasteiger partial charge in [-0.15, -0.1) is 11.3 Å². The van der Waals surface area contributed by atoms with Crippen molar-refractivity contribution >= 4 is 28.3 Å². The standard InChI is InChI=1S/C24H25N3O2S/c1-16(2)17-10-12-18(13-11-17)23(21-9-6-14-30-21)25-22(28)15-27-20-8-5-4-7-19(20)26(3)24(27)29/h4-14,16,23H,15H2,1-3H3,(H,25,28). The van der Waals surface area contributed by atoms with E-state index in [1.165, 1.54) is 10.1 Å². The minimum absolute atomic E-state index is 0.0217. The Hall–Kier alpha value is -3.12. The van der Waals surface area contributed by atoms with Crippen LogP contribution in [0.2, 0.25) is 0 Å². The molecule has 2 aromatic heterocycles. The minimum atomic E-state index is -0.246. The molecule has 30 heavy (non-hydrogen) atoms. The van der Waals surface area contributed by atoms with Gasteiger partial charge in [0.25, 0.3) is 0 Å². The van der Waals surface area contributed by atoms with Gasteiger partial charge in [-0.3, -0.25) is 13.9 Å². The average Bonchev–Trinajstić information content (AvgIpc) is 3.36. The molecule has 5 nitrogen and oxygen atoms in total. The highest BCUT2D eigenvalue weighted by atomic mass is 32.1. The number of fused-ring (bicyclic) bond motifs is 1. The van der Waals surface area contributed by atoms with Crippen LogP contribution in [0.3, 0.4) is 0 Å². The van der Waals surface area contributed by atoms with E-state index in [-0.39, 0.29) is 24.2 Å². The minimum Gasteiger partial charge on any atom is -0.343 e. The Bertz CT molecular complexity index is 1220. The molecular formula is C24H25N3O2S. The van der Waals surface area contributed by atoms with Crippen LogP contribution in [0.4, 0.5) is 0 Å². The Labute approximate surface area is 179 Å². The van der Waals surface area contributed by atoms with Crippen LogP contribution in [0, 0.1) is 0 Å². The van der Waals surface area contributed by atoms with E-state index < -0.39 is 0 Å². The van der Waals surface area contributed by atoms with Crippen LogP contribution in [-0.2, 0) is 18.4 Å². The molecule has 154 valence electrons. The van der Waals surface area contributed by atoms with E-state index in [1.54, 1.807) is 23.0 Å². The van der Waals surface area contributed by atoms with Crippen molar-refractivity contribution in [3.8, 4) is 0 Å². The van der Waals surface area contributed by atoms with E-state index in [9.17, 15) is 9.59 Å². The molecule has 0 spiro atoms. The fourth-order valence-electron chi connectivity index (χ4n) is 3.71. The molecule has 6 heteroatoms. The number of aryl methyl sites for hydroxylation is 1. The van der Waals surface area contributed by atoms with Gasteiger partial charge >= 0.3 is 5.69 Å². The Morgan fingerprint density at radius 2 is 1.63 bits per heavy atom. The van der Waals surface area contributed by atoms with Gasteiger partial charge in [0.2, 0.25) is 5.91 Å². The molecule has 0 fully saturated rings. The summed E-state index contributed by atoms with van der Waals surface area (Å²) in [6, 6.07) is 19.6. The monoisotopic (exact) mass is 419 g/mol. The number of rotatable bonds is 6. The molecule has 2 aromatic carbocycles. The van der Waals surface area contributed by atoms with Crippen molar-refractivity contribution in [2.45, 2.75) is 32.4 Å². The van der Waals surface area contributed by atoms with Gasteiger partial charge in [-0.2, -0.15) is 0 Å². The molecule has 1 atom stereocenters. The molecule has 0 saturated carbocycles. The van der Waals surface area contributed by atoms with Crippen LogP contribution in [0.5, 0.6) is 0 Å². The van der Waals surface area contributed by atoms with Crippen molar-refractivity contribution in [3.05, 3.63) is 92.5 Å². The van der Waals surface area contributed by atoms with Gasteiger partial charge < -0.3 is 5.32 Å². The summed E-state index contributed by atoms with van der Waals surface area (Å²) in [6.45, 7) is 4.30. The highest BCUT2D eigenvalue weighted by Crippen LogP contribution is 2.27. The first kappa shape index (κ1) is 20.2. The predicted octanol–water partition coefficient (Wildman–Crippen LogP) is 4.43. The third kappa shape index (κ3) is 3.83. The number of thiophene rings is 1. The highest BCUT2D eigenvalue weighted by molar-refractivity contribution is 7.10.